The van der Waals surface area contributed by atoms with Crippen LogP contribution < -0.4 is 5.32 Å². The van der Waals surface area contributed by atoms with Crippen LogP contribution in [0, 0.1) is 0 Å². The third-order valence-corrected chi connectivity index (χ3v) is 3.80. The van der Waals surface area contributed by atoms with Gasteiger partial charge in [0.05, 0.1) is 51.9 Å². The monoisotopic (exact) mass is 399 g/mol. The Kier molecular flexibility index (Phi) is 14.3. The molecular weight excluding hydrogens is 366 g/mol. The summed E-state index contributed by atoms with van der Waals surface area (Å²) in [4.78, 5) is 17.3. The summed E-state index contributed by atoms with van der Waals surface area (Å²) >= 11 is 0. The van der Waals surface area contributed by atoms with Gasteiger partial charge < -0.3 is 29.7 Å². The second kappa shape index (κ2) is 16.3. The molecule has 0 amide bonds. The van der Waals surface area contributed by atoms with E-state index in [2.05, 4.69) is 22.1 Å². The summed E-state index contributed by atoms with van der Waals surface area (Å²) in [7, 11) is 0. The first-order valence-electron chi connectivity index (χ1n) is 9.63. The summed E-state index contributed by atoms with van der Waals surface area (Å²) in [5, 5.41) is 21.1. The van der Waals surface area contributed by atoms with Gasteiger partial charge in [0.25, 0.3) is 0 Å². The summed E-state index contributed by atoms with van der Waals surface area (Å²) in [5.41, 5.74) is 0.703. The fourth-order valence-corrected chi connectivity index (χ4v) is 2.38. The lowest BCUT2D eigenvalue weighted by Gasteiger charge is -2.22. The van der Waals surface area contributed by atoms with Crippen molar-refractivity contribution in [1.29, 1.82) is 0 Å². The van der Waals surface area contributed by atoms with Gasteiger partial charge in [-0.3, -0.25) is 4.90 Å². The van der Waals surface area contributed by atoms with Crippen molar-refractivity contribution >= 4 is 5.97 Å². The van der Waals surface area contributed by atoms with Crippen LogP contribution in [-0.4, -0.2) is 98.5 Å². The van der Waals surface area contributed by atoms with E-state index in [-0.39, 0.29) is 12.3 Å². The van der Waals surface area contributed by atoms with Crippen molar-refractivity contribution in [3.63, 3.8) is 0 Å². The van der Waals surface area contributed by atoms with Crippen molar-refractivity contribution in [1.82, 2.24) is 15.2 Å². The number of carboxylic acid groups (broad SMARTS) is 1. The highest BCUT2D eigenvalue weighted by Gasteiger charge is 2.10. The first-order chi connectivity index (χ1) is 13.7. The molecule has 1 heterocycles. The van der Waals surface area contributed by atoms with Crippen molar-refractivity contribution in [3.8, 4) is 0 Å². The van der Waals surface area contributed by atoms with Crippen LogP contribution in [0.1, 0.15) is 23.1 Å². The highest BCUT2D eigenvalue weighted by atomic mass is 16.5. The first kappa shape index (κ1) is 24.4. The second-order valence-corrected chi connectivity index (χ2v) is 6.01. The third-order valence-electron chi connectivity index (χ3n) is 3.80. The summed E-state index contributed by atoms with van der Waals surface area (Å²) in [6, 6.07) is 4.96. The van der Waals surface area contributed by atoms with Crippen LogP contribution in [-0.2, 0) is 20.8 Å². The van der Waals surface area contributed by atoms with Crippen LogP contribution in [0.4, 0.5) is 0 Å². The number of carbonyl (C=O) groups is 1. The number of nitrogens with one attached hydrogen (secondary N) is 1. The zero-order valence-electron chi connectivity index (χ0n) is 16.6. The van der Waals surface area contributed by atoms with Crippen LogP contribution in [0.3, 0.4) is 0 Å². The van der Waals surface area contributed by atoms with Crippen molar-refractivity contribution < 1.29 is 29.2 Å². The molecule has 0 aliphatic carbocycles. The highest BCUT2D eigenvalue weighted by Crippen LogP contribution is 2.04. The van der Waals surface area contributed by atoms with E-state index in [1.54, 1.807) is 12.1 Å². The number of carboxylic acids is 1. The molecule has 1 aromatic heterocycles. The minimum absolute atomic E-state index is 0.0148. The van der Waals surface area contributed by atoms with Crippen LogP contribution >= 0.6 is 0 Å². The van der Waals surface area contributed by atoms with E-state index in [1.165, 1.54) is 6.07 Å². The zero-order chi connectivity index (χ0) is 20.5. The number of aromatic nitrogens is 1. The Balaban J connectivity index is 2.36. The zero-order valence-corrected chi connectivity index (χ0v) is 16.6. The predicted octanol–water partition coefficient (Wildman–Crippen LogP) is 0.233. The van der Waals surface area contributed by atoms with Gasteiger partial charge in [0.15, 0.2) is 0 Å². The molecule has 0 spiro atoms. The van der Waals surface area contributed by atoms with E-state index in [1.807, 2.05) is 0 Å². The molecule has 9 nitrogen and oxygen atoms in total. The molecule has 160 valence electrons. The van der Waals surface area contributed by atoms with Crippen LogP contribution in [0.2, 0.25) is 0 Å². The molecule has 0 saturated heterocycles. The maximum absolute atomic E-state index is 11.1. The number of nitrogens with zero attached hydrogens (tertiary/aromatic N) is 2. The minimum atomic E-state index is -1.04. The number of rotatable bonds is 18. The number of likely N-dealkylation sites (N-methyl/N-ethyl adjacent to an activating group) is 1. The van der Waals surface area contributed by atoms with Gasteiger partial charge in [-0.25, -0.2) is 9.78 Å². The summed E-state index contributed by atoms with van der Waals surface area (Å²) in [5.74, 6) is -1.04. The van der Waals surface area contributed by atoms with Gasteiger partial charge in [-0.15, -0.1) is 0 Å². The quantitative estimate of drug-likeness (QED) is 0.299. The lowest BCUT2D eigenvalue weighted by atomic mass is 10.3. The van der Waals surface area contributed by atoms with Gasteiger partial charge in [-0.2, -0.15) is 0 Å². The number of aliphatic hydroxyl groups excluding tert-OH is 1. The molecule has 0 atom stereocenters. The average molecular weight is 399 g/mol. The largest absolute Gasteiger partial charge is 0.477 e. The van der Waals surface area contributed by atoms with E-state index in [9.17, 15) is 4.79 Å². The molecule has 9 heteroatoms. The van der Waals surface area contributed by atoms with Gasteiger partial charge in [0, 0.05) is 26.2 Å². The maximum Gasteiger partial charge on any atom is 0.354 e. The smallest absolute Gasteiger partial charge is 0.354 e. The molecular formula is C19H33N3O6. The van der Waals surface area contributed by atoms with Gasteiger partial charge in [0.2, 0.25) is 0 Å². The van der Waals surface area contributed by atoms with Gasteiger partial charge >= 0.3 is 5.97 Å². The topological polar surface area (TPSA) is 113 Å². The third kappa shape index (κ3) is 12.0. The number of ether oxygens (including phenoxy) is 3. The Bertz CT molecular complexity index is 532. The average Bonchev–Trinajstić information content (AvgIpc) is 2.70. The molecule has 1 aromatic rings. The number of aliphatic hydroxyl groups is 1. The molecule has 0 radical (unpaired) electrons. The lowest BCUT2D eigenvalue weighted by molar-refractivity contribution is 0.0304. The Labute approximate surface area is 166 Å². The summed E-state index contributed by atoms with van der Waals surface area (Å²) < 4.78 is 16.4. The van der Waals surface area contributed by atoms with Gasteiger partial charge in [0.1, 0.15) is 5.69 Å². The number of aromatic carboxylic acids is 1. The van der Waals surface area contributed by atoms with Crippen molar-refractivity contribution in [2.75, 3.05) is 72.4 Å². The van der Waals surface area contributed by atoms with E-state index in [0.29, 0.717) is 65.0 Å². The van der Waals surface area contributed by atoms with Crippen molar-refractivity contribution in [2.24, 2.45) is 0 Å². The number of hydrogen-bond donors (Lipinski definition) is 3. The minimum Gasteiger partial charge on any atom is -0.477 e. The highest BCUT2D eigenvalue weighted by molar-refractivity contribution is 5.85. The standard InChI is InChI=1S/C19H33N3O6/c1-2-20-6-10-26-14-15-28-12-8-22(7-11-27-13-9-23)16-17-4-3-5-18(21-17)19(24)25/h3-5,20,23H,2,6-16H2,1H3,(H,24,25). The fourth-order valence-electron chi connectivity index (χ4n) is 2.38. The summed E-state index contributed by atoms with van der Waals surface area (Å²) in [6.07, 6.45) is 0. The second-order valence-electron chi connectivity index (χ2n) is 6.01. The molecule has 0 fully saturated rings. The normalized spacial score (nSPS) is 11.2. The molecule has 0 aliphatic heterocycles. The Hall–Kier alpha value is -1.62. The molecule has 28 heavy (non-hydrogen) atoms. The molecule has 1 rings (SSSR count). The van der Waals surface area contributed by atoms with Crippen LogP contribution in [0.15, 0.2) is 18.2 Å². The molecule has 0 saturated carbocycles. The van der Waals surface area contributed by atoms with E-state index in [4.69, 9.17) is 24.4 Å². The van der Waals surface area contributed by atoms with Crippen molar-refractivity contribution in [3.05, 3.63) is 29.6 Å². The van der Waals surface area contributed by atoms with Gasteiger partial charge in [-0.05, 0) is 18.7 Å². The Morgan fingerprint density at radius 1 is 1.07 bits per heavy atom. The Morgan fingerprint density at radius 2 is 1.75 bits per heavy atom. The number of pyridine rings is 1. The number of hydrogen-bond acceptors (Lipinski definition) is 8. The first-order valence-corrected chi connectivity index (χ1v) is 9.63. The molecule has 0 aromatic carbocycles. The molecule has 0 aliphatic rings. The van der Waals surface area contributed by atoms with E-state index in [0.717, 1.165) is 13.1 Å². The summed E-state index contributed by atoms with van der Waals surface area (Å²) in [6.45, 7) is 8.59. The molecule has 3 N–H and O–H groups in total. The fraction of sp³-hybridized carbons (Fsp3) is 0.684. The van der Waals surface area contributed by atoms with Crippen molar-refractivity contribution in [2.45, 2.75) is 13.5 Å². The SMILES string of the molecule is CCNCCOCCOCCN(CCOCCO)Cc1cccc(C(=O)O)n1. The molecule has 0 unspecified atom stereocenters. The Morgan fingerprint density at radius 3 is 2.39 bits per heavy atom. The maximum atomic E-state index is 11.1. The molecule has 0 bridgehead atoms. The van der Waals surface area contributed by atoms with Crippen LogP contribution in [0.5, 0.6) is 0 Å². The van der Waals surface area contributed by atoms with Gasteiger partial charge in [-0.1, -0.05) is 13.0 Å². The van der Waals surface area contributed by atoms with E-state index >= 15 is 0 Å². The van der Waals surface area contributed by atoms with Crippen LogP contribution in [0.25, 0.3) is 0 Å². The predicted molar refractivity (Wildman–Crippen MR) is 105 cm³/mol. The van der Waals surface area contributed by atoms with E-state index < -0.39 is 5.97 Å². The lowest BCUT2D eigenvalue weighted by Crippen LogP contribution is -2.31.